The molecule has 0 fully saturated rings. The zero-order chi connectivity index (χ0) is 12.0. The zero-order valence-electron chi connectivity index (χ0n) is 9.01. The molecule has 84 valence electrons. The van der Waals surface area contributed by atoms with Gasteiger partial charge in [-0.05, 0) is 6.42 Å². The molecule has 5 nitrogen and oxygen atoms in total. The highest BCUT2D eigenvalue weighted by atomic mass is 16.6. The number of nitrogens with zero attached hydrogens (tertiary/aromatic N) is 2. The van der Waals surface area contributed by atoms with Crippen LogP contribution < -0.4 is 5.32 Å². The molecule has 1 N–H and O–H groups in total. The molecule has 0 heterocycles. The number of nitriles is 1. The topological polar surface area (TPSA) is 79.0 Å². The summed E-state index contributed by atoms with van der Waals surface area (Å²) in [6.45, 7) is 2.23. The first-order chi connectivity index (χ1) is 7.69. The van der Waals surface area contributed by atoms with Gasteiger partial charge in [-0.1, -0.05) is 25.1 Å². The third kappa shape index (κ3) is 3.04. The van der Waals surface area contributed by atoms with Crippen LogP contribution in [-0.2, 0) is 6.54 Å². The Kier molecular flexibility index (Phi) is 4.42. The van der Waals surface area contributed by atoms with Crippen LogP contribution in [0, 0.1) is 21.4 Å². The molecule has 0 amide bonds. The lowest BCUT2D eigenvalue weighted by Gasteiger charge is -2.08. The summed E-state index contributed by atoms with van der Waals surface area (Å²) in [5, 5.41) is 22.4. The van der Waals surface area contributed by atoms with Gasteiger partial charge >= 0.3 is 0 Å². The molecule has 0 spiro atoms. The second kappa shape index (κ2) is 5.83. The molecular weight excluding hydrogens is 206 g/mol. The van der Waals surface area contributed by atoms with Gasteiger partial charge < -0.3 is 0 Å². The predicted octanol–water partition coefficient (Wildman–Crippen LogP) is 1.99. The van der Waals surface area contributed by atoms with Gasteiger partial charge in [0, 0.05) is 18.2 Å². The molecule has 0 aromatic heterocycles. The van der Waals surface area contributed by atoms with Gasteiger partial charge in [-0.25, -0.2) is 0 Å². The highest BCUT2D eigenvalue weighted by molar-refractivity contribution is 5.39. The fourth-order valence-electron chi connectivity index (χ4n) is 1.35. The first-order valence-electron chi connectivity index (χ1n) is 5.04. The van der Waals surface area contributed by atoms with E-state index in [1.165, 1.54) is 6.07 Å². The minimum Gasteiger partial charge on any atom is -0.298 e. The van der Waals surface area contributed by atoms with Crippen LogP contribution in [0.5, 0.6) is 0 Å². The molecule has 1 unspecified atom stereocenters. The lowest BCUT2D eigenvalue weighted by Crippen LogP contribution is -2.26. The van der Waals surface area contributed by atoms with Crippen molar-refractivity contribution >= 4 is 5.69 Å². The number of benzene rings is 1. The zero-order valence-corrected chi connectivity index (χ0v) is 9.01. The summed E-state index contributed by atoms with van der Waals surface area (Å²) in [6.07, 6.45) is 0.678. The van der Waals surface area contributed by atoms with Crippen molar-refractivity contribution < 1.29 is 4.92 Å². The minimum atomic E-state index is -0.412. The Morgan fingerprint density at radius 1 is 1.56 bits per heavy atom. The van der Waals surface area contributed by atoms with Gasteiger partial charge in [0.25, 0.3) is 5.69 Å². The van der Waals surface area contributed by atoms with Crippen LogP contribution in [0.1, 0.15) is 18.9 Å². The van der Waals surface area contributed by atoms with Gasteiger partial charge in [-0.3, -0.25) is 15.4 Å². The lowest BCUT2D eigenvalue weighted by molar-refractivity contribution is -0.385. The van der Waals surface area contributed by atoms with Crippen molar-refractivity contribution in [2.24, 2.45) is 0 Å². The maximum absolute atomic E-state index is 10.7. The summed E-state index contributed by atoms with van der Waals surface area (Å²) in [4.78, 5) is 10.3. The maximum atomic E-state index is 10.7. The maximum Gasteiger partial charge on any atom is 0.273 e. The second-order valence-corrected chi connectivity index (χ2v) is 3.36. The number of rotatable bonds is 5. The van der Waals surface area contributed by atoms with Crippen molar-refractivity contribution in [2.45, 2.75) is 25.9 Å². The highest BCUT2D eigenvalue weighted by Gasteiger charge is 2.13. The summed E-state index contributed by atoms with van der Waals surface area (Å²) < 4.78 is 0. The van der Waals surface area contributed by atoms with Gasteiger partial charge in [0.15, 0.2) is 0 Å². The van der Waals surface area contributed by atoms with Crippen LogP contribution in [0.15, 0.2) is 24.3 Å². The van der Waals surface area contributed by atoms with E-state index in [1.54, 1.807) is 18.2 Å². The largest absolute Gasteiger partial charge is 0.298 e. The van der Waals surface area contributed by atoms with Crippen LogP contribution >= 0.6 is 0 Å². The Morgan fingerprint density at radius 2 is 2.25 bits per heavy atom. The van der Waals surface area contributed by atoms with E-state index in [9.17, 15) is 10.1 Å². The Labute approximate surface area is 93.9 Å². The van der Waals surface area contributed by atoms with Crippen LogP contribution in [0.3, 0.4) is 0 Å². The first kappa shape index (κ1) is 12.1. The number of nitro benzene ring substituents is 1. The molecule has 5 heteroatoms. The van der Waals surface area contributed by atoms with Gasteiger partial charge in [0.1, 0.15) is 0 Å². The average molecular weight is 219 g/mol. The Morgan fingerprint density at radius 3 is 2.81 bits per heavy atom. The summed E-state index contributed by atoms with van der Waals surface area (Å²) in [5.74, 6) is 0. The molecule has 0 bridgehead atoms. The van der Waals surface area contributed by atoms with Crippen molar-refractivity contribution in [1.29, 1.82) is 5.26 Å². The van der Waals surface area contributed by atoms with E-state index >= 15 is 0 Å². The van der Waals surface area contributed by atoms with E-state index in [1.807, 2.05) is 6.92 Å². The fraction of sp³-hybridized carbons (Fsp3) is 0.364. The molecule has 0 aliphatic rings. The van der Waals surface area contributed by atoms with Crippen LogP contribution in [0.4, 0.5) is 5.69 Å². The monoisotopic (exact) mass is 219 g/mol. The third-order valence-electron chi connectivity index (χ3n) is 2.29. The molecule has 0 aliphatic carbocycles. The molecule has 16 heavy (non-hydrogen) atoms. The minimum absolute atomic E-state index is 0.0859. The molecular formula is C11H13N3O2. The van der Waals surface area contributed by atoms with Crippen LogP contribution in [0.2, 0.25) is 0 Å². The summed E-state index contributed by atoms with van der Waals surface area (Å²) in [6, 6.07) is 8.35. The average Bonchev–Trinajstić information content (AvgIpc) is 2.30. The van der Waals surface area contributed by atoms with E-state index in [-0.39, 0.29) is 11.7 Å². The van der Waals surface area contributed by atoms with Gasteiger partial charge in [-0.2, -0.15) is 5.26 Å². The Bertz CT molecular complexity index is 412. The van der Waals surface area contributed by atoms with E-state index in [0.717, 1.165) is 0 Å². The molecule has 1 aromatic rings. The SMILES string of the molecule is CCC(C#N)NCc1ccccc1[N+](=O)[O-]. The summed E-state index contributed by atoms with van der Waals surface area (Å²) in [7, 11) is 0. The standard InChI is InChI=1S/C11H13N3O2/c1-2-10(7-12)13-8-9-5-3-4-6-11(9)14(15)16/h3-6,10,13H,2,8H2,1H3. The first-order valence-corrected chi connectivity index (χ1v) is 5.04. The molecule has 0 radical (unpaired) electrons. The van der Waals surface area contributed by atoms with Gasteiger partial charge in [-0.15, -0.1) is 0 Å². The molecule has 1 aromatic carbocycles. The second-order valence-electron chi connectivity index (χ2n) is 3.36. The van der Waals surface area contributed by atoms with Crippen LogP contribution in [-0.4, -0.2) is 11.0 Å². The Hall–Kier alpha value is -1.93. The van der Waals surface area contributed by atoms with Crippen LogP contribution in [0.25, 0.3) is 0 Å². The lowest BCUT2D eigenvalue weighted by atomic mass is 10.1. The number of para-hydroxylation sites is 1. The smallest absolute Gasteiger partial charge is 0.273 e. The molecule has 1 rings (SSSR count). The van der Waals surface area contributed by atoms with Gasteiger partial charge in [0.05, 0.1) is 17.0 Å². The molecule has 1 atom stereocenters. The quantitative estimate of drug-likeness (QED) is 0.606. The number of hydrogen-bond donors (Lipinski definition) is 1. The predicted molar refractivity (Wildman–Crippen MR) is 59.6 cm³/mol. The van der Waals surface area contributed by atoms with Crippen molar-refractivity contribution in [3.05, 3.63) is 39.9 Å². The molecule has 0 saturated heterocycles. The van der Waals surface area contributed by atoms with E-state index in [0.29, 0.717) is 18.5 Å². The number of nitro groups is 1. The third-order valence-corrected chi connectivity index (χ3v) is 2.29. The molecule has 0 saturated carbocycles. The number of nitrogens with one attached hydrogen (secondary N) is 1. The van der Waals surface area contributed by atoms with Crippen molar-refractivity contribution in [2.75, 3.05) is 0 Å². The normalized spacial score (nSPS) is 11.8. The van der Waals surface area contributed by atoms with E-state index in [4.69, 9.17) is 5.26 Å². The van der Waals surface area contributed by atoms with Crippen molar-refractivity contribution in [1.82, 2.24) is 5.32 Å². The van der Waals surface area contributed by atoms with Crippen molar-refractivity contribution in [3.63, 3.8) is 0 Å². The summed E-state index contributed by atoms with van der Waals surface area (Å²) in [5.41, 5.74) is 0.684. The molecule has 0 aliphatic heterocycles. The highest BCUT2D eigenvalue weighted by Crippen LogP contribution is 2.17. The Balaban J connectivity index is 2.74. The fourth-order valence-corrected chi connectivity index (χ4v) is 1.35. The van der Waals surface area contributed by atoms with E-state index in [2.05, 4.69) is 11.4 Å². The van der Waals surface area contributed by atoms with Gasteiger partial charge in [0.2, 0.25) is 0 Å². The van der Waals surface area contributed by atoms with Crippen molar-refractivity contribution in [3.8, 4) is 6.07 Å². The summed E-state index contributed by atoms with van der Waals surface area (Å²) >= 11 is 0. The van der Waals surface area contributed by atoms with E-state index < -0.39 is 4.92 Å². The number of hydrogen-bond acceptors (Lipinski definition) is 4.